The Morgan fingerprint density at radius 2 is 2.18 bits per heavy atom. The van der Waals surface area contributed by atoms with E-state index < -0.39 is 6.10 Å². The van der Waals surface area contributed by atoms with Gasteiger partial charge < -0.3 is 9.52 Å². The van der Waals surface area contributed by atoms with E-state index in [0.717, 1.165) is 5.76 Å². The molecule has 0 fully saturated rings. The van der Waals surface area contributed by atoms with Gasteiger partial charge in [-0.3, -0.25) is 0 Å². The minimum absolute atomic E-state index is 0.323. The van der Waals surface area contributed by atoms with Crippen LogP contribution in [0.3, 0.4) is 0 Å². The lowest BCUT2D eigenvalue weighted by Crippen LogP contribution is -2.01. The minimum Gasteiger partial charge on any atom is -0.469 e. The molecule has 0 radical (unpaired) electrons. The first-order chi connectivity index (χ1) is 8.06. The van der Waals surface area contributed by atoms with E-state index in [1.165, 1.54) is 18.4 Å². The second kappa shape index (κ2) is 4.90. The first kappa shape index (κ1) is 12.1. The highest BCUT2D eigenvalue weighted by Crippen LogP contribution is 2.25. The molecule has 1 atom stereocenters. The molecule has 0 bridgehead atoms. The Bertz CT molecular complexity index is 522. The molecule has 0 saturated carbocycles. The summed E-state index contributed by atoms with van der Waals surface area (Å²) in [5.74, 6) is 0.358. The van der Waals surface area contributed by atoms with Gasteiger partial charge in [0.2, 0.25) is 0 Å². The largest absolute Gasteiger partial charge is 0.469 e. The van der Waals surface area contributed by atoms with E-state index in [-0.39, 0.29) is 5.82 Å². The summed E-state index contributed by atoms with van der Waals surface area (Å²) in [6.07, 6.45) is 1.14. The van der Waals surface area contributed by atoms with Gasteiger partial charge in [-0.05, 0) is 30.7 Å². The molecule has 2 nitrogen and oxygen atoms in total. The molecule has 0 aliphatic heterocycles. The number of aliphatic hydroxyl groups is 1. The number of rotatable bonds is 3. The van der Waals surface area contributed by atoms with Crippen LogP contribution in [0.4, 0.5) is 4.39 Å². The highest BCUT2D eigenvalue weighted by atomic mass is 35.5. The van der Waals surface area contributed by atoms with Crippen LogP contribution in [-0.4, -0.2) is 5.11 Å². The quantitative estimate of drug-likeness (QED) is 0.907. The van der Waals surface area contributed by atoms with E-state index in [1.54, 1.807) is 19.1 Å². The Hall–Kier alpha value is -1.32. The predicted octanol–water partition coefficient (Wildman–Crippen LogP) is 3.66. The average molecular weight is 255 g/mol. The van der Waals surface area contributed by atoms with Crippen molar-refractivity contribution in [3.8, 4) is 0 Å². The summed E-state index contributed by atoms with van der Waals surface area (Å²) in [6.45, 7) is 1.81. The molecule has 2 aromatic rings. The van der Waals surface area contributed by atoms with E-state index in [4.69, 9.17) is 16.0 Å². The minimum atomic E-state index is -0.699. The Labute approximate surface area is 104 Å². The van der Waals surface area contributed by atoms with Crippen molar-refractivity contribution in [1.29, 1.82) is 0 Å². The lowest BCUT2D eigenvalue weighted by Gasteiger charge is -2.09. The average Bonchev–Trinajstić information content (AvgIpc) is 2.69. The van der Waals surface area contributed by atoms with Crippen molar-refractivity contribution in [2.45, 2.75) is 19.4 Å². The van der Waals surface area contributed by atoms with E-state index in [2.05, 4.69) is 0 Å². The lowest BCUT2D eigenvalue weighted by molar-refractivity contribution is 0.177. The van der Waals surface area contributed by atoms with Gasteiger partial charge in [0, 0.05) is 17.0 Å². The summed E-state index contributed by atoms with van der Waals surface area (Å²) in [4.78, 5) is 0. The summed E-state index contributed by atoms with van der Waals surface area (Å²) >= 11 is 5.89. The van der Waals surface area contributed by atoms with Gasteiger partial charge in [0.25, 0.3) is 0 Å². The van der Waals surface area contributed by atoms with Crippen molar-refractivity contribution in [2.24, 2.45) is 0 Å². The molecule has 0 amide bonds. The van der Waals surface area contributed by atoms with Crippen LogP contribution in [0.2, 0.25) is 5.02 Å². The van der Waals surface area contributed by atoms with Gasteiger partial charge in [0.15, 0.2) is 0 Å². The first-order valence-corrected chi connectivity index (χ1v) is 5.61. The Morgan fingerprint density at radius 3 is 2.76 bits per heavy atom. The molecule has 1 aromatic heterocycles. The first-order valence-electron chi connectivity index (χ1n) is 5.23. The zero-order valence-electron chi connectivity index (χ0n) is 9.28. The van der Waals surface area contributed by atoms with Gasteiger partial charge in [-0.1, -0.05) is 17.7 Å². The molecule has 1 heterocycles. The van der Waals surface area contributed by atoms with Crippen LogP contribution >= 0.6 is 11.6 Å². The number of furan rings is 1. The molecule has 0 aliphatic rings. The Balaban J connectivity index is 2.15. The van der Waals surface area contributed by atoms with E-state index in [1.807, 2.05) is 0 Å². The molecule has 0 saturated heterocycles. The van der Waals surface area contributed by atoms with Crippen molar-refractivity contribution in [3.63, 3.8) is 0 Å². The number of hydrogen-bond donors (Lipinski definition) is 1. The molecule has 90 valence electrons. The van der Waals surface area contributed by atoms with E-state index in [9.17, 15) is 9.50 Å². The molecule has 0 aliphatic carbocycles. The molecule has 17 heavy (non-hydrogen) atoms. The van der Waals surface area contributed by atoms with Gasteiger partial charge in [-0.25, -0.2) is 4.39 Å². The summed E-state index contributed by atoms with van der Waals surface area (Å²) in [5.41, 5.74) is 1.40. The van der Waals surface area contributed by atoms with Crippen LogP contribution in [0.15, 0.2) is 34.9 Å². The molecule has 2 rings (SSSR count). The maximum absolute atomic E-state index is 12.8. The number of aliphatic hydroxyl groups excluding tert-OH is 1. The highest BCUT2D eigenvalue weighted by molar-refractivity contribution is 6.31. The standard InChI is InChI=1S/C13H12ClFO2/c1-8-4-10(7-17-8)13(16)5-9-2-3-11(15)6-12(9)14/h2-4,6-7,13,16H,5H2,1H3. The van der Waals surface area contributed by atoms with Crippen LogP contribution in [0, 0.1) is 12.7 Å². The number of halogens is 2. The van der Waals surface area contributed by atoms with Crippen molar-refractivity contribution < 1.29 is 13.9 Å². The molecule has 1 N–H and O–H groups in total. The molecule has 1 aromatic carbocycles. The second-order valence-corrected chi connectivity index (χ2v) is 4.35. The fourth-order valence-electron chi connectivity index (χ4n) is 1.65. The SMILES string of the molecule is Cc1cc(C(O)Cc2ccc(F)cc2Cl)co1. The zero-order chi connectivity index (χ0) is 12.4. The van der Waals surface area contributed by atoms with Gasteiger partial charge >= 0.3 is 0 Å². The maximum Gasteiger partial charge on any atom is 0.124 e. The molecule has 0 spiro atoms. The van der Waals surface area contributed by atoms with Crippen molar-refractivity contribution in [1.82, 2.24) is 0 Å². The van der Waals surface area contributed by atoms with Crippen LogP contribution in [0.1, 0.15) is 23.0 Å². The normalized spacial score (nSPS) is 12.7. The topological polar surface area (TPSA) is 33.4 Å². The summed E-state index contributed by atoms with van der Waals surface area (Å²) in [5, 5.41) is 10.3. The highest BCUT2D eigenvalue weighted by Gasteiger charge is 2.13. The molecule has 4 heteroatoms. The van der Waals surface area contributed by atoms with Crippen molar-refractivity contribution in [3.05, 3.63) is 58.3 Å². The van der Waals surface area contributed by atoms with E-state index >= 15 is 0 Å². The lowest BCUT2D eigenvalue weighted by atomic mass is 10.0. The monoisotopic (exact) mass is 254 g/mol. The molecular weight excluding hydrogens is 243 g/mol. The summed E-state index contributed by atoms with van der Waals surface area (Å²) in [6, 6.07) is 5.91. The van der Waals surface area contributed by atoms with Crippen molar-refractivity contribution in [2.75, 3.05) is 0 Å². The number of hydrogen-bond acceptors (Lipinski definition) is 2. The van der Waals surface area contributed by atoms with Crippen LogP contribution in [0.5, 0.6) is 0 Å². The third kappa shape index (κ3) is 2.87. The summed E-state index contributed by atoms with van der Waals surface area (Å²) in [7, 11) is 0. The zero-order valence-corrected chi connectivity index (χ0v) is 10.0. The maximum atomic E-state index is 12.8. The third-order valence-electron chi connectivity index (χ3n) is 2.56. The molecule has 1 unspecified atom stereocenters. The van der Waals surface area contributed by atoms with Crippen molar-refractivity contribution >= 4 is 11.6 Å². The fraction of sp³-hybridized carbons (Fsp3) is 0.231. The van der Waals surface area contributed by atoms with Gasteiger partial charge in [0.1, 0.15) is 11.6 Å². The van der Waals surface area contributed by atoms with Gasteiger partial charge in [-0.15, -0.1) is 0 Å². The van der Waals surface area contributed by atoms with Gasteiger partial charge in [0.05, 0.1) is 12.4 Å². The fourth-order valence-corrected chi connectivity index (χ4v) is 1.90. The number of aryl methyl sites for hydroxylation is 1. The summed E-state index contributed by atoms with van der Waals surface area (Å²) < 4.78 is 18.0. The van der Waals surface area contributed by atoms with Gasteiger partial charge in [-0.2, -0.15) is 0 Å². The van der Waals surface area contributed by atoms with E-state index in [0.29, 0.717) is 22.6 Å². The van der Waals surface area contributed by atoms with Crippen LogP contribution in [0.25, 0.3) is 0 Å². The smallest absolute Gasteiger partial charge is 0.124 e. The second-order valence-electron chi connectivity index (χ2n) is 3.95. The molecular formula is C13H12ClFO2. The van der Waals surface area contributed by atoms with Crippen LogP contribution in [-0.2, 0) is 6.42 Å². The number of benzene rings is 1. The van der Waals surface area contributed by atoms with Crippen LogP contribution < -0.4 is 0 Å². The Kier molecular flexibility index (Phi) is 3.50. The predicted molar refractivity (Wildman–Crippen MR) is 63.5 cm³/mol. The Morgan fingerprint density at radius 1 is 1.41 bits per heavy atom. The third-order valence-corrected chi connectivity index (χ3v) is 2.92.